The average molecular weight is 387 g/mol. The Hall–Kier alpha value is -3.54. The first-order valence-corrected chi connectivity index (χ1v) is 9.77. The fraction of sp³-hybridized carbons (Fsp3) is 0.217. The minimum atomic E-state index is -0.0942. The molecule has 2 aromatic carbocycles. The van der Waals surface area contributed by atoms with Crippen LogP contribution in [0.4, 0.5) is 0 Å². The quantitative estimate of drug-likeness (QED) is 0.475. The maximum atomic E-state index is 12.9. The number of aromatic nitrogens is 3. The third-order valence-corrected chi connectivity index (χ3v) is 5.03. The summed E-state index contributed by atoms with van der Waals surface area (Å²) in [6.45, 7) is 0.934. The van der Waals surface area contributed by atoms with Crippen LogP contribution in [0.1, 0.15) is 30.0 Å². The third kappa shape index (κ3) is 3.74. The summed E-state index contributed by atoms with van der Waals surface area (Å²) in [6.07, 6.45) is 3.61. The van der Waals surface area contributed by atoms with E-state index in [1.165, 1.54) is 4.68 Å². The zero-order valence-corrected chi connectivity index (χ0v) is 15.9. The van der Waals surface area contributed by atoms with E-state index < -0.39 is 0 Å². The molecule has 146 valence electrons. The molecule has 0 aliphatic heterocycles. The van der Waals surface area contributed by atoms with Gasteiger partial charge in [-0.05, 0) is 48.2 Å². The van der Waals surface area contributed by atoms with Crippen LogP contribution < -0.4 is 10.4 Å². The van der Waals surface area contributed by atoms with Crippen molar-refractivity contribution in [1.82, 2.24) is 14.3 Å². The van der Waals surface area contributed by atoms with Gasteiger partial charge < -0.3 is 9.15 Å². The molecule has 29 heavy (non-hydrogen) atoms. The van der Waals surface area contributed by atoms with E-state index in [-0.39, 0.29) is 11.7 Å². The summed E-state index contributed by atoms with van der Waals surface area (Å²) in [5.74, 6) is 2.02. The molecule has 1 aliphatic carbocycles. The second kappa shape index (κ2) is 7.47. The summed E-state index contributed by atoms with van der Waals surface area (Å²) in [5.41, 5.74) is 2.02. The van der Waals surface area contributed by atoms with Crippen LogP contribution in [-0.4, -0.2) is 14.3 Å². The Morgan fingerprint density at radius 3 is 2.45 bits per heavy atom. The maximum absolute atomic E-state index is 12.9. The average Bonchev–Trinajstić information content (AvgIpc) is 3.33. The third-order valence-electron chi connectivity index (χ3n) is 5.03. The zero-order valence-electron chi connectivity index (χ0n) is 15.9. The monoisotopic (exact) mass is 387 g/mol. The highest BCUT2D eigenvalue weighted by atomic mass is 16.5. The lowest BCUT2D eigenvalue weighted by Crippen LogP contribution is -2.25. The fourth-order valence-electron chi connectivity index (χ4n) is 3.36. The lowest BCUT2D eigenvalue weighted by molar-refractivity contribution is 0.306. The molecule has 2 heterocycles. The normalized spacial score (nSPS) is 13.5. The minimum absolute atomic E-state index is 0.0942. The second-order valence-corrected chi connectivity index (χ2v) is 7.26. The van der Waals surface area contributed by atoms with Gasteiger partial charge in [0, 0.05) is 6.04 Å². The number of hydrogen-bond donors (Lipinski definition) is 0. The number of benzene rings is 2. The van der Waals surface area contributed by atoms with Crippen molar-refractivity contribution in [2.24, 2.45) is 0 Å². The van der Waals surface area contributed by atoms with Crippen molar-refractivity contribution in [2.45, 2.75) is 32.0 Å². The van der Waals surface area contributed by atoms with Crippen LogP contribution in [0.15, 0.2) is 82.2 Å². The molecule has 0 spiro atoms. The molecule has 0 bridgehead atoms. The summed E-state index contributed by atoms with van der Waals surface area (Å²) < 4.78 is 14.6. The fourth-order valence-corrected chi connectivity index (χ4v) is 3.36. The summed E-state index contributed by atoms with van der Waals surface area (Å²) in [4.78, 5) is 12.9. The molecule has 5 rings (SSSR count). The molecule has 4 aromatic rings. The molecular weight excluding hydrogens is 366 g/mol. The minimum Gasteiger partial charge on any atom is -0.489 e. The van der Waals surface area contributed by atoms with Crippen molar-refractivity contribution >= 4 is 0 Å². The molecule has 0 N–H and O–H groups in total. The number of rotatable bonds is 7. The van der Waals surface area contributed by atoms with Gasteiger partial charge in [0.05, 0.1) is 12.8 Å². The van der Waals surface area contributed by atoms with Crippen LogP contribution in [0.2, 0.25) is 0 Å². The Morgan fingerprint density at radius 1 is 0.966 bits per heavy atom. The Labute approximate surface area is 168 Å². The Bertz CT molecular complexity index is 1140. The highest BCUT2D eigenvalue weighted by Gasteiger charge is 2.31. The highest BCUT2D eigenvalue weighted by molar-refractivity contribution is 5.46. The molecule has 2 aromatic heterocycles. The van der Waals surface area contributed by atoms with E-state index >= 15 is 0 Å². The van der Waals surface area contributed by atoms with E-state index in [0.29, 0.717) is 24.7 Å². The molecule has 1 saturated carbocycles. The predicted octanol–water partition coefficient (Wildman–Crippen LogP) is 4.27. The maximum Gasteiger partial charge on any atom is 0.346 e. The van der Waals surface area contributed by atoms with E-state index in [0.717, 1.165) is 29.7 Å². The van der Waals surface area contributed by atoms with Gasteiger partial charge >= 0.3 is 5.69 Å². The lowest BCUT2D eigenvalue weighted by atomic mass is 10.2. The molecule has 0 atom stereocenters. The van der Waals surface area contributed by atoms with Gasteiger partial charge in [0.25, 0.3) is 0 Å². The predicted molar refractivity (Wildman–Crippen MR) is 109 cm³/mol. The Morgan fingerprint density at radius 2 is 1.76 bits per heavy atom. The van der Waals surface area contributed by atoms with E-state index in [9.17, 15) is 4.79 Å². The second-order valence-electron chi connectivity index (χ2n) is 7.26. The molecule has 6 nitrogen and oxygen atoms in total. The van der Waals surface area contributed by atoms with E-state index in [2.05, 4.69) is 5.10 Å². The van der Waals surface area contributed by atoms with Gasteiger partial charge in [-0.3, -0.25) is 4.57 Å². The Balaban J connectivity index is 1.33. The molecule has 0 amide bonds. The van der Waals surface area contributed by atoms with Crippen LogP contribution in [0.3, 0.4) is 0 Å². The van der Waals surface area contributed by atoms with Crippen LogP contribution in [0.5, 0.6) is 5.75 Å². The summed E-state index contributed by atoms with van der Waals surface area (Å²) in [5, 5.41) is 4.55. The van der Waals surface area contributed by atoms with Crippen LogP contribution in [0, 0.1) is 0 Å². The largest absolute Gasteiger partial charge is 0.489 e. The van der Waals surface area contributed by atoms with Gasteiger partial charge in [0.1, 0.15) is 12.4 Å². The number of hydrogen-bond acceptors (Lipinski definition) is 4. The van der Waals surface area contributed by atoms with Crippen molar-refractivity contribution in [3.05, 3.63) is 94.6 Å². The number of ether oxygens (including phenoxy) is 1. The van der Waals surface area contributed by atoms with E-state index in [1.54, 1.807) is 10.8 Å². The van der Waals surface area contributed by atoms with E-state index in [4.69, 9.17) is 9.15 Å². The SMILES string of the molecule is O=c1n(Cc2ccc(OCc3ccccc3)cc2)nc(-c2ccco2)n1C1CC1. The van der Waals surface area contributed by atoms with Crippen molar-refractivity contribution in [3.8, 4) is 17.3 Å². The van der Waals surface area contributed by atoms with Crippen LogP contribution in [0.25, 0.3) is 11.6 Å². The van der Waals surface area contributed by atoms with Crippen LogP contribution in [-0.2, 0) is 13.2 Å². The van der Waals surface area contributed by atoms with Gasteiger partial charge in [0.15, 0.2) is 5.76 Å². The topological polar surface area (TPSA) is 62.2 Å². The molecule has 0 unspecified atom stereocenters. The zero-order chi connectivity index (χ0) is 19.6. The number of nitrogens with zero attached hydrogens (tertiary/aromatic N) is 3. The standard InChI is InChI=1S/C23H21N3O3/c27-23-25(24-22(21-7-4-14-28-21)26(23)19-10-11-19)15-17-8-12-20(13-9-17)29-16-18-5-2-1-3-6-18/h1-9,12-14,19H,10-11,15-16H2. The van der Waals surface area contributed by atoms with Gasteiger partial charge in [-0.2, -0.15) is 0 Å². The first-order valence-electron chi connectivity index (χ1n) is 9.77. The molecule has 0 radical (unpaired) electrons. The van der Waals surface area contributed by atoms with E-state index in [1.807, 2.05) is 66.7 Å². The number of furan rings is 1. The highest BCUT2D eigenvalue weighted by Crippen LogP contribution is 2.36. The van der Waals surface area contributed by atoms with Gasteiger partial charge in [-0.15, -0.1) is 5.10 Å². The molecule has 1 aliphatic rings. The molecule has 6 heteroatoms. The van der Waals surface area contributed by atoms with Crippen molar-refractivity contribution in [2.75, 3.05) is 0 Å². The van der Waals surface area contributed by atoms with Crippen LogP contribution >= 0.6 is 0 Å². The van der Waals surface area contributed by atoms with Gasteiger partial charge in [0.2, 0.25) is 5.82 Å². The van der Waals surface area contributed by atoms with Gasteiger partial charge in [-0.25, -0.2) is 9.48 Å². The molecule has 0 saturated heterocycles. The van der Waals surface area contributed by atoms with Crippen molar-refractivity contribution in [1.29, 1.82) is 0 Å². The Kier molecular flexibility index (Phi) is 4.52. The van der Waals surface area contributed by atoms with Crippen molar-refractivity contribution in [3.63, 3.8) is 0 Å². The first kappa shape index (κ1) is 17.6. The first-order chi connectivity index (χ1) is 14.3. The smallest absolute Gasteiger partial charge is 0.346 e. The summed E-state index contributed by atoms with van der Waals surface area (Å²) >= 11 is 0. The molecular formula is C23H21N3O3. The lowest BCUT2D eigenvalue weighted by Gasteiger charge is -2.07. The molecule has 1 fully saturated rings. The summed E-state index contributed by atoms with van der Waals surface area (Å²) in [6, 6.07) is 21.7. The van der Waals surface area contributed by atoms with Gasteiger partial charge in [-0.1, -0.05) is 42.5 Å². The van der Waals surface area contributed by atoms with Crippen molar-refractivity contribution < 1.29 is 9.15 Å². The summed E-state index contributed by atoms with van der Waals surface area (Å²) in [7, 11) is 0.